The van der Waals surface area contributed by atoms with Gasteiger partial charge in [0, 0.05) is 10.9 Å². The van der Waals surface area contributed by atoms with Crippen LogP contribution in [0.5, 0.6) is 0 Å². The molecule has 1 N–H and O–H groups in total. The van der Waals surface area contributed by atoms with E-state index in [0.29, 0.717) is 5.69 Å². The molecule has 0 saturated carbocycles. The Morgan fingerprint density at radius 3 is 3.20 bits per heavy atom. The highest BCUT2D eigenvalue weighted by Gasteiger charge is 2.00. The van der Waals surface area contributed by atoms with Crippen LogP contribution in [0.1, 0.15) is 11.3 Å². The lowest BCUT2D eigenvalue weighted by Crippen LogP contribution is -1.86. The molecule has 0 bridgehead atoms. The zero-order valence-electron chi connectivity index (χ0n) is 5.26. The lowest BCUT2D eigenvalue weighted by molar-refractivity contribution is 1.07. The number of halogens is 1. The fourth-order valence-electron chi connectivity index (χ4n) is 0.699. The van der Waals surface area contributed by atoms with Crippen molar-refractivity contribution in [1.82, 2.24) is 10.2 Å². The Hall–Kier alpha value is -0.820. The van der Waals surface area contributed by atoms with Gasteiger partial charge in [-0.05, 0) is 6.42 Å². The number of rotatable bonds is 2. The van der Waals surface area contributed by atoms with E-state index < -0.39 is 0 Å². The Morgan fingerprint density at radius 1 is 1.80 bits per heavy atom. The minimum Gasteiger partial charge on any atom is -0.268 e. The molecule has 0 aliphatic rings. The van der Waals surface area contributed by atoms with Gasteiger partial charge in [-0.25, -0.2) is 0 Å². The van der Waals surface area contributed by atoms with E-state index in [2.05, 4.69) is 26.1 Å². The normalized spacial score (nSPS) is 9.20. The molecule has 0 aliphatic heterocycles. The molecule has 0 aromatic carbocycles. The van der Waals surface area contributed by atoms with E-state index in [1.807, 2.05) is 6.07 Å². The number of nitrogens with zero attached hydrogens (tertiary/aromatic N) is 2. The van der Waals surface area contributed by atoms with Crippen LogP contribution < -0.4 is 0 Å². The van der Waals surface area contributed by atoms with E-state index in [9.17, 15) is 0 Å². The second-order valence-corrected chi connectivity index (χ2v) is 2.61. The highest BCUT2D eigenvalue weighted by atomic mass is 79.9. The molecule has 1 aromatic rings. The van der Waals surface area contributed by atoms with Gasteiger partial charge >= 0.3 is 0 Å². The lowest BCUT2D eigenvalue weighted by Gasteiger charge is -1.88. The predicted octanol–water partition coefficient (Wildman–Crippen LogP) is 1.22. The van der Waals surface area contributed by atoms with Crippen molar-refractivity contribution >= 4 is 15.9 Å². The molecule has 1 rings (SSSR count). The van der Waals surface area contributed by atoms with E-state index >= 15 is 0 Å². The van der Waals surface area contributed by atoms with Crippen LogP contribution in [0.2, 0.25) is 0 Å². The van der Waals surface area contributed by atoms with Gasteiger partial charge in [0.2, 0.25) is 0 Å². The maximum absolute atomic E-state index is 8.50. The van der Waals surface area contributed by atoms with Crippen LogP contribution in [-0.4, -0.2) is 15.5 Å². The minimum absolute atomic E-state index is 0.569. The van der Waals surface area contributed by atoms with Gasteiger partial charge in [-0.3, -0.25) is 5.10 Å². The zero-order valence-corrected chi connectivity index (χ0v) is 6.85. The van der Waals surface area contributed by atoms with Crippen LogP contribution in [0.3, 0.4) is 0 Å². The van der Waals surface area contributed by atoms with Crippen molar-refractivity contribution in [3.63, 3.8) is 0 Å². The average molecular weight is 200 g/mol. The van der Waals surface area contributed by atoms with Crippen molar-refractivity contribution in [2.45, 2.75) is 6.42 Å². The topological polar surface area (TPSA) is 52.5 Å². The third-order valence-corrected chi connectivity index (χ3v) is 1.59. The van der Waals surface area contributed by atoms with Gasteiger partial charge in [-0.15, -0.1) is 0 Å². The summed E-state index contributed by atoms with van der Waals surface area (Å²) in [6.07, 6.45) is 2.53. The van der Waals surface area contributed by atoms with Crippen LogP contribution in [0.4, 0.5) is 0 Å². The predicted molar refractivity (Wildman–Crippen MR) is 40.8 cm³/mol. The molecular formula is C6H6BrN3. The molecule has 0 unspecified atom stereocenters. The first-order chi connectivity index (χ1) is 4.88. The summed E-state index contributed by atoms with van der Waals surface area (Å²) in [7, 11) is 0. The number of alkyl halides is 1. The molecule has 4 heteroatoms. The average Bonchev–Trinajstić information content (AvgIpc) is 2.36. The summed E-state index contributed by atoms with van der Waals surface area (Å²) in [4.78, 5) is 0. The number of aromatic amines is 1. The Labute approximate surface area is 67.2 Å². The molecule has 1 heterocycles. The quantitative estimate of drug-likeness (QED) is 0.729. The summed E-state index contributed by atoms with van der Waals surface area (Å²) in [5.41, 5.74) is 1.54. The van der Waals surface area contributed by atoms with Crippen LogP contribution in [0, 0.1) is 11.3 Å². The van der Waals surface area contributed by atoms with Crippen molar-refractivity contribution < 1.29 is 0 Å². The molecule has 10 heavy (non-hydrogen) atoms. The summed E-state index contributed by atoms with van der Waals surface area (Å²) in [5, 5.41) is 15.7. The van der Waals surface area contributed by atoms with Gasteiger partial charge in [0.15, 0.2) is 0 Å². The molecule has 1 aromatic heterocycles. The molecule has 0 radical (unpaired) electrons. The smallest absolute Gasteiger partial charge is 0.138 e. The van der Waals surface area contributed by atoms with Crippen LogP contribution in [0.15, 0.2) is 6.20 Å². The third kappa shape index (κ3) is 1.36. The molecule has 0 fully saturated rings. The van der Waals surface area contributed by atoms with E-state index in [1.54, 1.807) is 6.20 Å². The molecule has 0 saturated heterocycles. The highest BCUT2D eigenvalue weighted by Crippen LogP contribution is 2.04. The van der Waals surface area contributed by atoms with Crippen molar-refractivity contribution in [3.05, 3.63) is 17.5 Å². The standard InChI is InChI=1S/C6H6BrN3/c7-2-1-5-4-9-10-6(5)3-8/h4H,1-2H2,(H,9,10). The molecule has 0 amide bonds. The number of aromatic nitrogens is 2. The zero-order chi connectivity index (χ0) is 7.40. The van der Waals surface area contributed by atoms with E-state index in [4.69, 9.17) is 5.26 Å². The van der Waals surface area contributed by atoms with E-state index in [0.717, 1.165) is 17.3 Å². The molecule has 0 spiro atoms. The SMILES string of the molecule is N#Cc1[nH]ncc1CCBr. The molecule has 0 atom stereocenters. The molecule has 3 nitrogen and oxygen atoms in total. The number of hydrogen-bond donors (Lipinski definition) is 1. The highest BCUT2D eigenvalue weighted by molar-refractivity contribution is 9.09. The van der Waals surface area contributed by atoms with Crippen LogP contribution >= 0.6 is 15.9 Å². The summed E-state index contributed by atoms with van der Waals surface area (Å²) in [5.74, 6) is 0. The first kappa shape index (κ1) is 7.29. The maximum atomic E-state index is 8.50. The maximum Gasteiger partial charge on any atom is 0.138 e. The van der Waals surface area contributed by atoms with E-state index in [1.165, 1.54) is 0 Å². The number of nitrogens with one attached hydrogen (secondary N) is 1. The Bertz CT molecular complexity index is 248. The van der Waals surface area contributed by atoms with Gasteiger partial charge < -0.3 is 0 Å². The van der Waals surface area contributed by atoms with Gasteiger partial charge in [-0.1, -0.05) is 15.9 Å². The largest absolute Gasteiger partial charge is 0.268 e. The van der Waals surface area contributed by atoms with Gasteiger partial charge in [0.25, 0.3) is 0 Å². The number of H-pyrrole nitrogens is 1. The monoisotopic (exact) mass is 199 g/mol. The fourth-order valence-corrected chi connectivity index (χ4v) is 1.13. The first-order valence-corrected chi connectivity index (χ1v) is 3.99. The summed E-state index contributed by atoms with van der Waals surface area (Å²) in [6, 6.07) is 2.02. The number of hydrogen-bond acceptors (Lipinski definition) is 2. The second kappa shape index (κ2) is 3.37. The van der Waals surface area contributed by atoms with Crippen molar-refractivity contribution in [2.75, 3.05) is 5.33 Å². The fraction of sp³-hybridized carbons (Fsp3) is 0.333. The summed E-state index contributed by atoms with van der Waals surface area (Å²) < 4.78 is 0. The Balaban J connectivity index is 2.82. The second-order valence-electron chi connectivity index (χ2n) is 1.82. The number of aryl methyl sites for hydroxylation is 1. The van der Waals surface area contributed by atoms with Gasteiger partial charge in [-0.2, -0.15) is 10.4 Å². The van der Waals surface area contributed by atoms with Crippen molar-refractivity contribution in [3.8, 4) is 6.07 Å². The minimum atomic E-state index is 0.569. The number of nitriles is 1. The van der Waals surface area contributed by atoms with Gasteiger partial charge in [0.1, 0.15) is 11.8 Å². The summed E-state index contributed by atoms with van der Waals surface area (Å²) >= 11 is 3.28. The van der Waals surface area contributed by atoms with Crippen LogP contribution in [-0.2, 0) is 6.42 Å². The van der Waals surface area contributed by atoms with E-state index in [-0.39, 0.29) is 0 Å². The molecule has 0 aliphatic carbocycles. The molecule has 52 valence electrons. The molecular weight excluding hydrogens is 194 g/mol. The van der Waals surface area contributed by atoms with Crippen molar-refractivity contribution in [2.24, 2.45) is 0 Å². The Kier molecular flexibility index (Phi) is 2.46. The van der Waals surface area contributed by atoms with Crippen molar-refractivity contribution in [1.29, 1.82) is 5.26 Å². The lowest BCUT2D eigenvalue weighted by atomic mass is 10.2. The first-order valence-electron chi connectivity index (χ1n) is 2.86. The van der Waals surface area contributed by atoms with Crippen LogP contribution in [0.25, 0.3) is 0 Å². The summed E-state index contributed by atoms with van der Waals surface area (Å²) in [6.45, 7) is 0. The third-order valence-electron chi connectivity index (χ3n) is 1.19. The Morgan fingerprint density at radius 2 is 2.60 bits per heavy atom. The van der Waals surface area contributed by atoms with Gasteiger partial charge in [0.05, 0.1) is 6.20 Å².